The lowest BCUT2D eigenvalue weighted by Gasteiger charge is -2.12. The molecule has 0 spiro atoms. The van der Waals surface area contributed by atoms with E-state index in [0.717, 1.165) is 28.0 Å². The van der Waals surface area contributed by atoms with Gasteiger partial charge in [0.25, 0.3) is 0 Å². The van der Waals surface area contributed by atoms with Crippen molar-refractivity contribution in [3.8, 4) is 11.3 Å². The van der Waals surface area contributed by atoms with Crippen molar-refractivity contribution >= 4 is 32.4 Å². The molecule has 4 aromatic carbocycles. The average Bonchev–Trinajstić information content (AvgIpc) is 2.66. The molecule has 5 aromatic rings. The van der Waals surface area contributed by atoms with Crippen molar-refractivity contribution in [2.75, 3.05) is 0 Å². The SMILES string of the molecule is Cc1nc(-c2cc3ccccc3c3ccccc23)c2ccccc2n1. The molecule has 0 aliphatic carbocycles. The van der Waals surface area contributed by atoms with E-state index in [4.69, 9.17) is 4.98 Å². The van der Waals surface area contributed by atoms with Gasteiger partial charge in [-0.1, -0.05) is 66.7 Å². The van der Waals surface area contributed by atoms with Crippen LogP contribution in [0.15, 0.2) is 78.9 Å². The molecule has 0 saturated heterocycles. The van der Waals surface area contributed by atoms with Crippen molar-refractivity contribution in [2.24, 2.45) is 0 Å². The van der Waals surface area contributed by atoms with Crippen LogP contribution in [0.3, 0.4) is 0 Å². The van der Waals surface area contributed by atoms with Crippen LogP contribution in [-0.4, -0.2) is 9.97 Å². The summed E-state index contributed by atoms with van der Waals surface area (Å²) >= 11 is 0. The predicted molar refractivity (Wildman–Crippen MR) is 105 cm³/mol. The highest BCUT2D eigenvalue weighted by atomic mass is 14.9. The second-order valence-electron chi connectivity index (χ2n) is 6.33. The molecule has 0 aliphatic rings. The van der Waals surface area contributed by atoms with E-state index in [1.54, 1.807) is 0 Å². The Kier molecular flexibility index (Phi) is 3.04. The second kappa shape index (κ2) is 5.38. The van der Waals surface area contributed by atoms with Gasteiger partial charge in [0.1, 0.15) is 5.82 Å². The summed E-state index contributed by atoms with van der Waals surface area (Å²) in [7, 11) is 0. The highest BCUT2D eigenvalue weighted by Gasteiger charge is 2.13. The first-order valence-electron chi connectivity index (χ1n) is 8.45. The summed E-state index contributed by atoms with van der Waals surface area (Å²) in [6, 6.07) is 27.6. The molecule has 0 bridgehead atoms. The van der Waals surface area contributed by atoms with E-state index in [2.05, 4.69) is 71.7 Å². The van der Waals surface area contributed by atoms with Gasteiger partial charge in [-0.15, -0.1) is 0 Å². The Morgan fingerprint density at radius 1 is 0.600 bits per heavy atom. The van der Waals surface area contributed by atoms with E-state index in [0.29, 0.717) is 0 Å². The molecule has 118 valence electrons. The highest BCUT2D eigenvalue weighted by Crippen LogP contribution is 2.36. The van der Waals surface area contributed by atoms with Crippen molar-refractivity contribution < 1.29 is 0 Å². The summed E-state index contributed by atoms with van der Waals surface area (Å²) < 4.78 is 0. The topological polar surface area (TPSA) is 25.8 Å². The summed E-state index contributed by atoms with van der Waals surface area (Å²) in [5.74, 6) is 0.797. The molecular weight excluding hydrogens is 304 g/mol. The van der Waals surface area contributed by atoms with E-state index < -0.39 is 0 Å². The van der Waals surface area contributed by atoms with Crippen molar-refractivity contribution in [3.63, 3.8) is 0 Å². The molecule has 5 rings (SSSR count). The lowest BCUT2D eigenvalue weighted by Crippen LogP contribution is -1.95. The minimum Gasteiger partial charge on any atom is -0.233 e. The van der Waals surface area contributed by atoms with Crippen LogP contribution < -0.4 is 0 Å². The van der Waals surface area contributed by atoms with Gasteiger partial charge < -0.3 is 0 Å². The minimum atomic E-state index is 0.797. The summed E-state index contributed by atoms with van der Waals surface area (Å²) in [5.41, 5.74) is 3.16. The standard InChI is InChI=1S/C23H16N2/c1-15-24-22-13-7-6-12-20(22)23(25-15)21-14-16-8-2-3-9-17(16)18-10-4-5-11-19(18)21/h2-14H,1H3. The van der Waals surface area contributed by atoms with Crippen LogP contribution in [0, 0.1) is 6.92 Å². The Balaban J connectivity index is 1.99. The monoisotopic (exact) mass is 320 g/mol. The molecular formula is C23H16N2. The number of fused-ring (bicyclic) bond motifs is 4. The molecule has 0 saturated carbocycles. The average molecular weight is 320 g/mol. The largest absolute Gasteiger partial charge is 0.233 e. The summed E-state index contributed by atoms with van der Waals surface area (Å²) in [6.07, 6.45) is 0. The Morgan fingerprint density at radius 3 is 2.08 bits per heavy atom. The zero-order valence-corrected chi connectivity index (χ0v) is 13.9. The van der Waals surface area contributed by atoms with Crippen molar-refractivity contribution in [3.05, 3.63) is 84.7 Å². The first kappa shape index (κ1) is 14.1. The smallest absolute Gasteiger partial charge is 0.126 e. The number of aryl methyl sites for hydroxylation is 1. The number of benzene rings is 4. The zero-order chi connectivity index (χ0) is 16.8. The maximum atomic E-state index is 4.82. The fraction of sp³-hybridized carbons (Fsp3) is 0.0435. The summed E-state index contributed by atoms with van der Waals surface area (Å²) in [5, 5.41) is 6.09. The van der Waals surface area contributed by atoms with E-state index in [1.807, 2.05) is 19.1 Å². The summed E-state index contributed by atoms with van der Waals surface area (Å²) in [4.78, 5) is 9.41. The number of hydrogen-bond donors (Lipinski definition) is 0. The van der Waals surface area contributed by atoms with Crippen molar-refractivity contribution in [2.45, 2.75) is 6.92 Å². The highest BCUT2D eigenvalue weighted by molar-refractivity contribution is 6.15. The second-order valence-corrected chi connectivity index (χ2v) is 6.33. The van der Waals surface area contributed by atoms with Crippen LogP contribution in [0.4, 0.5) is 0 Å². The lowest BCUT2D eigenvalue weighted by atomic mass is 9.94. The number of rotatable bonds is 1. The van der Waals surface area contributed by atoms with E-state index in [1.165, 1.54) is 21.5 Å². The van der Waals surface area contributed by atoms with Gasteiger partial charge in [-0.05, 0) is 40.6 Å². The normalized spacial score (nSPS) is 11.4. The third kappa shape index (κ3) is 2.18. The molecule has 25 heavy (non-hydrogen) atoms. The molecule has 1 heterocycles. The van der Waals surface area contributed by atoms with Gasteiger partial charge in [0.15, 0.2) is 0 Å². The van der Waals surface area contributed by atoms with Gasteiger partial charge in [-0.2, -0.15) is 0 Å². The Labute approximate surface area is 145 Å². The maximum absolute atomic E-state index is 4.82. The van der Waals surface area contributed by atoms with Crippen LogP contribution in [0.2, 0.25) is 0 Å². The van der Waals surface area contributed by atoms with Crippen LogP contribution in [0.1, 0.15) is 5.82 Å². The van der Waals surface area contributed by atoms with Gasteiger partial charge in [0, 0.05) is 10.9 Å². The first-order valence-corrected chi connectivity index (χ1v) is 8.45. The van der Waals surface area contributed by atoms with Crippen molar-refractivity contribution in [1.29, 1.82) is 0 Å². The van der Waals surface area contributed by atoms with Gasteiger partial charge in [0.2, 0.25) is 0 Å². The number of nitrogens with zero attached hydrogens (tertiary/aromatic N) is 2. The van der Waals surface area contributed by atoms with Gasteiger partial charge >= 0.3 is 0 Å². The Bertz CT molecular complexity index is 1260. The minimum absolute atomic E-state index is 0.797. The van der Waals surface area contributed by atoms with Crippen LogP contribution in [0.5, 0.6) is 0 Å². The van der Waals surface area contributed by atoms with Gasteiger partial charge in [0.05, 0.1) is 11.2 Å². The molecule has 0 fully saturated rings. The predicted octanol–water partition coefficient (Wildman–Crippen LogP) is 5.91. The first-order chi connectivity index (χ1) is 12.3. The number of para-hydroxylation sites is 1. The van der Waals surface area contributed by atoms with Crippen LogP contribution in [-0.2, 0) is 0 Å². The molecule has 0 N–H and O–H groups in total. The van der Waals surface area contributed by atoms with Crippen LogP contribution in [0.25, 0.3) is 43.7 Å². The Hall–Kier alpha value is -3.26. The summed E-state index contributed by atoms with van der Waals surface area (Å²) in [6.45, 7) is 1.96. The molecule has 1 aromatic heterocycles. The zero-order valence-electron chi connectivity index (χ0n) is 13.9. The molecule has 0 unspecified atom stereocenters. The molecule has 0 aliphatic heterocycles. The quantitative estimate of drug-likeness (QED) is 0.359. The van der Waals surface area contributed by atoms with Gasteiger partial charge in [-0.25, -0.2) is 9.97 Å². The van der Waals surface area contributed by atoms with E-state index in [-0.39, 0.29) is 0 Å². The molecule has 0 radical (unpaired) electrons. The molecule has 0 amide bonds. The molecule has 0 atom stereocenters. The number of aromatic nitrogens is 2. The fourth-order valence-corrected chi connectivity index (χ4v) is 3.65. The number of hydrogen-bond acceptors (Lipinski definition) is 2. The fourth-order valence-electron chi connectivity index (χ4n) is 3.65. The lowest BCUT2D eigenvalue weighted by molar-refractivity contribution is 1.10. The molecule has 2 heteroatoms. The third-order valence-corrected chi connectivity index (χ3v) is 4.74. The third-order valence-electron chi connectivity index (χ3n) is 4.74. The van der Waals surface area contributed by atoms with Crippen molar-refractivity contribution in [1.82, 2.24) is 9.97 Å². The Morgan fingerprint density at radius 2 is 1.24 bits per heavy atom. The maximum Gasteiger partial charge on any atom is 0.126 e. The van der Waals surface area contributed by atoms with E-state index in [9.17, 15) is 0 Å². The van der Waals surface area contributed by atoms with E-state index >= 15 is 0 Å². The van der Waals surface area contributed by atoms with Gasteiger partial charge in [-0.3, -0.25) is 0 Å². The van der Waals surface area contributed by atoms with Crippen LogP contribution >= 0.6 is 0 Å². The molecule has 2 nitrogen and oxygen atoms in total.